The Morgan fingerprint density at radius 3 is 3.00 bits per heavy atom. The van der Waals surface area contributed by atoms with Gasteiger partial charge in [-0.15, -0.1) is 12.4 Å². The van der Waals surface area contributed by atoms with E-state index in [0.717, 1.165) is 18.8 Å². The molecule has 0 radical (unpaired) electrons. The molecule has 2 heterocycles. The standard InChI is InChI=1S/C11H20N2O2S2.ClH/c1-8-10(12-2-3-15-8)11(14)13-6-9-7-16-4-5-17-9;/h8-10,12H,2-7H2,1H3,(H,13,14);1H/t8-,9?,10+;/m1./s1. The fraction of sp³-hybridized carbons (Fsp3) is 0.909. The van der Waals surface area contributed by atoms with E-state index in [-0.39, 0.29) is 30.5 Å². The van der Waals surface area contributed by atoms with E-state index < -0.39 is 0 Å². The van der Waals surface area contributed by atoms with E-state index in [1.165, 1.54) is 11.5 Å². The number of carbonyl (C=O) groups is 1. The van der Waals surface area contributed by atoms with E-state index in [1.807, 2.05) is 30.4 Å². The van der Waals surface area contributed by atoms with Crippen LogP contribution in [0.2, 0.25) is 0 Å². The maximum absolute atomic E-state index is 12.0. The van der Waals surface area contributed by atoms with Gasteiger partial charge in [0.2, 0.25) is 5.91 Å². The lowest BCUT2D eigenvalue weighted by Crippen LogP contribution is -2.56. The molecule has 18 heavy (non-hydrogen) atoms. The van der Waals surface area contributed by atoms with Crippen molar-refractivity contribution in [2.45, 2.75) is 24.3 Å². The van der Waals surface area contributed by atoms with Crippen LogP contribution in [0.1, 0.15) is 6.92 Å². The Morgan fingerprint density at radius 1 is 1.50 bits per heavy atom. The molecule has 0 aromatic heterocycles. The Kier molecular flexibility index (Phi) is 7.79. The first kappa shape index (κ1) is 16.4. The van der Waals surface area contributed by atoms with Gasteiger partial charge in [-0.3, -0.25) is 4.79 Å². The van der Waals surface area contributed by atoms with Gasteiger partial charge in [-0.25, -0.2) is 0 Å². The normalized spacial score (nSPS) is 32.4. The van der Waals surface area contributed by atoms with Gasteiger partial charge in [0.15, 0.2) is 0 Å². The molecule has 3 atom stereocenters. The van der Waals surface area contributed by atoms with Crippen molar-refractivity contribution in [3.8, 4) is 0 Å². The summed E-state index contributed by atoms with van der Waals surface area (Å²) in [6.07, 6.45) is -0.0304. The molecule has 0 aromatic carbocycles. The van der Waals surface area contributed by atoms with E-state index in [0.29, 0.717) is 11.9 Å². The third-order valence-electron chi connectivity index (χ3n) is 2.99. The summed E-state index contributed by atoms with van der Waals surface area (Å²) in [4.78, 5) is 12.0. The first-order chi connectivity index (χ1) is 8.27. The fourth-order valence-electron chi connectivity index (χ4n) is 2.01. The molecule has 0 bridgehead atoms. The Hall–Kier alpha value is 0.380. The second-order valence-corrected chi connectivity index (χ2v) is 6.88. The number of ether oxygens (including phenoxy) is 1. The Balaban J connectivity index is 0.00000162. The number of hydrogen-bond acceptors (Lipinski definition) is 5. The molecule has 2 saturated heterocycles. The zero-order valence-electron chi connectivity index (χ0n) is 10.5. The maximum Gasteiger partial charge on any atom is 0.239 e. The molecule has 2 fully saturated rings. The average Bonchev–Trinajstić information content (AvgIpc) is 2.38. The largest absolute Gasteiger partial charge is 0.375 e. The summed E-state index contributed by atoms with van der Waals surface area (Å²) in [5.74, 6) is 3.67. The lowest BCUT2D eigenvalue weighted by Gasteiger charge is -2.30. The molecule has 106 valence electrons. The number of halogens is 1. The molecule has 7 heteroatoms. The number of thioether (sulfide) groups is 2. The topological polar surface area (TPSA) is 50.4 Å². The summed E-state index contributed by atoms with van der Waals surface area (Å²) < 4.78 is 5.47. The summed E-state index contributed by atoms with van der Waals surface area (Å²) in [5.41, 5.74) is 0. The first-order valence-electron chi connectivity index (χ1n) is 6.09. The molecular formula is C11H21ClN2O2S2. The zero-order chi connectivity index (χ0) is 12.1. The Bertz CT molecular complexity index is 265. The molecular weight excluding hydrogens is 292 g/mol. The zero-order valence-corrected chi connectivity index (χ0v) is 13.0. The average molecular weight is 313 g/mol. The molecule has 2 N–H and O–H groups in total. The second-order valence-electron chi connectivity index (χ2n) is 4.32. The van der Waals surface area contributed by atoms with E-state index in [2.05, 4.69) is 10.6 Å². The summed E-state index contributed by atoms with van der Waals surface area (Å²) >= 11 is 3.94. The minimum Gasteiger partial charge on any atom is -0.375 e. The van der Waals surface area contributed by atoms with Crippen LogP contribution in [0, 0.1) is 0 Å². The van der Waals surface area contributed by atoms with Gasteiger partial charge in [-0.05, 0) is 6.92 Å². The highest BCUT2D eigenvalue weighted by Gasteiger charge is 2.28. The Labute approximate surface area is 123 Å². The van der Waals surface area contributed by atoms with Crippen molar-refractivity contribution in [1.29, 1.82) is 0 Å². The molecule has 0 spiro atoms. The van der Waals surface area contributed by atoms with Crippen LogP contribution in [0.3, 0.4) is 0 Å². The number of amides is 1. The van der Waals surface area contributed by atoms with Gasteiger partial charge >= 0.3 is 0 Å². The van der Waals surface area contributed by atoms with Gasteiger partial charge in [0, 0.05) is 35.6 Å². The number of morpholine rings is 1. The van der Waals surface area contributed by atoms with Crippen LogP contribution in [0.25, 0.3) is 0 Å². The van der Waals surface area contributed by atoms with E-state index in [9.17, 15) is 4.79 Å². The molecule has 4 nitrogen and oxygen atoms in total. The molecule has 0 saturated carbocycles. The van der Waals surface area contributed by atoms with E-state index in [4.69, 9.17) is 4.74 Å². The van der Waals surface area contributed by atoms with Gasteiger partial charge in [0.25, 0.3) is 0 Å². The highest BCUT2D eigenvalue weighted by Crippen LogP contribution is 2.23. The van der Waals surface area contributed by atoms with E-state index >= 15 is 0 Å². The van der Waals surface area contributed by atoms with Crippen molar-refractivity contribution < 1.29 is 9.53 Å². The number of nitrogens with one attached hydrogen (secondary N) is 2. The highest BCUT2D eigenvalue weighted by molar-refractivity contribution is 8.06. The van der Waals surface area contributed by atoms with Gasteiger partial charge in [0.05, 0.1) is 12.7 Å². The Morgan fingerprint density at radius 2 is 2.33 bits per heavy atom. The monoisotopic (exact) mass is 312 g/mol. The van der Waals surface area contributed by atoms with E-state index in [1.54, 1.807) is 0 Å². The predicted molar refractivity (Wildman–Crippen MR) is 81.0 cm³/mol. The van der Waals surface area contributed by atoms with Crippen LogP contribution >= 0.6 is 35.9 Å². The number of carbonyl (C=O) groups excluding carboxylic acids is 1. The summed E-state index contributed by atoms with van der Waals surface area (Å²) in [6.45, 7) is 4.18. The number of hydrogen-bond donors (Lipinski definition) is 2. The van der Waals surface area contributed by atoms with Crippen molar-refractivity contribution in [2.24, 2.45) is 0 Å². The van der Waals surface area contributed by atoms with Crippen LogP contribution < -0.4 is 10.6 Å². The third kappa shape index (κ3) is 4.81. The van der Waals surface area contributed by atoms with Crippen LogP contribution in [-0.4, -0.2) is 60.3 Å². The molecule has 0 aromatic rings. The van der Waals surface area contributed by atoms with Gasteiger partial charge in [-0.1, -0.05) is 0 Å². The van der Waals surface area contributed by atoms with Gasteiger partial charge < -0.3 is 15.4 Å². The molecule has 0 aliphatic carbocycles. The summed E-state index contributed by atoms with van der Waals surface area (Å²) in [6, 6.07) is -0.190. The van der Waals surface area contributed by atoms with Crippen LogP contribution in [0.15, 0.2) is 0 Å². The highest BCUT2D eigenvalue weighted by atomic mass is 35.5. The summed E-state index contributed by atoms with van der Waals surface area (Å²) in [7, 11) is 0. The summed E-state index contributed by atoms with van der Waals surface area (Å²) in [5, 5.41) is 6.81. The minimum atomic E-state index is -0.190. The lowest BCUT2D eigenvalue weighted by molar-refractivity contribution is -0.128. The molecule has 1 amide bonds. The SMILES string of the molecule is C[C@H]1OCCN[C@@H]1C(=O)NCC1CSCCS1.Cl. The van der Waals surface area contributed by atoms with Gasteiger partial charge in [-0.2, -0.15) is 23.5 Å². The van der Waals surface area contributed by atoms with Crippen molar-refractivity contribution in [3.05, 3.63) is 0 Å². The smallest absolute Gasteiger partial charge is 0.239 e. The third-order valence-corrected chi connectivity index (χ3v) is 5.83. The van der Waals surface area contributed by atoms with Gasteiger partial charge in [0.1, 0.15) is 6.04 Å². The molecule has 1 unspecified atom stereocenters. The number of rotatable bonds is 3. The van der Waals surface area contributed by atoms with Crippen molar-refractivity contribution in [3.63, 3.8) is 0 Å². The van der Waals surface area contributed by atoms with Crippen LogP contribution in [-0.2, 0) is 9.53 Å². The molecule has 2 aliphatic rings. The molecule has 2 aliphatic heterocycles. The van der Waals surface area contributed by atoms with Crippen molar-refractivity contribution in [2.75, 3.05) is 37.0 Å². The predicted octanol–water partition coefficient (Wildman–Crippen LogP) is 0.750. The molecule has 2 rings (SSSR count). The first-order valence-corrected chi connectivity index (χ1v) is 8.30. The van der Waals surface area contributed by atoms with Crippen LogP contribution in [0.4, 0.5) is 0 Å². The lowest BCUT2D eigenvalue weighted by atomic mass is 10.1. The maximum atomic E-state index is 12.0. The van der Waals surface area contributed by atoms with Crippen molar-refractivity contribution in [1.82, 2.24) is 10.6 Å². The quantitative estimate of drug-likeness (QED) is 0.805. The minimum absolute atomic E-state index is 0. The van der Waals surface area contributed by atoms with Crippen LogP contribution in [0.5, 0.6) is 0 Å². The fourth-order valence-corrected chi connectivity index (χ4v) is 4.62. The second kappa shape index (κ2) is 8.53. The van der Waals surface area contributed by atoms with Crippen molar-refractivity contribution >= 4 is 41.8 Å².